The van der Waals surface area contributed by atoms with Crippen LogP contribution in [0.3, 0.4) is 0 Å². The molecule has 0 atom stereocenters. The van der Waals surface area contributed by atoms with Gasteiger partial charge in [0.2, 0.25) is 0 Å². The van der Waals surface area contributed by atoms with Crippen LogP contribution in [0.25, 0.3) is 0 Å². The second kappa shape index (κ2) is 7.09. The van der Waals surface area contributed by atoms with E-state index in [1.54, 1.807) is 0 Å². The summed E-state index contributed by atoms with van der Waals surface area (Å²) >= 11 is 0. The van der Waals surface area contributed by atoms with Gasteiger partial charge in [-0.1, -0.05) is 32.9 Å². The van der Waals surface area contributed by atoms with E-state index < -0.39 is 0 Å². The van der Waals surface area contributed by atoms with Crippen LogP contribution in [0.5, 0.6) is 0 Å². The maximum absolute atomic E-state index is 5.41. The second-order valence-electron chi connectivity index (χ2n) is 6.76. The molecule has 0 aromatic heterocycles. The van der Waals surface area contributed by atoms with Crippen molar-refractivity contribution in [2.24, 2.45) is 5.41 Å². The van der Waals surface area contributed by atoms with E-state index in [9.17, 15) is 0 Å². The van der Waals surface area contributed by atoms with Crippen molar-refractivity contribution in [3.8, 4) is 0 Å². The third kappa shape index (κ3) is 5.14. The summed E-state index contributed by atoms with van der Waals surface area (Å²) in [5.41, 5.74) is 3.09. The molecule has 1 aliphatic heterocycles. The smallest absolute Gasteiger partial charge is 0.0642 e. The van der Waals surface area contributed by atoms with E-state index in [2.05, 4.69) is 55.3 Å². The first-order valence-electron chi connectivity index (χ1n) is 7.67. The average molecular weight is 276 g/mol. The Hall–Kier alpha value is -1.06. The topological polar surface area (TPSA) is 24.5 Å². The molecule has 3 heteroatoms. The van der Waals surface area contributed by atoms with Crippen LogP contribution in [0.2, 0.25) is 0 Å². The minimum absolute atomic E-state index is 0.405. The maximum atomic E-state index is 5.41. The van der Waals surface area contributed by atoms with Gasteiger partial charge in [-0.15, -0.1) is 0 Å². The highest BCUT2D eigenvalue weighted by Crippen LogP contribution is 2.19. The van der Waals surface area contributed by atoms with Gasteiger partial charge in [-0.2, -0.15) is 0 Å². The molecule has 0 spiro atoms. The van der Waals surface area contributed by atoms with Gasteiger partial charge in [0.25, 0.3) is 0 Å². The molecular formula is C17H28N2O. The van der Waals surface area contributed by atoms with Crippen LogP contribution in [0, 0.1) is 5.41 Å². The summed E-state index contributed by atoms with van der Waals surface area (Å²) < 4.78 is 5.41. The van der Waals surface area contributed by atoms with Gasteiger partial charge in [0.1, 0.15) is 0 Å². The molecule has 3 nitrogen and oxygen atoms in total. The molecule has 1 aliphatic rings. The zero-order valence-electron chi connectivity index (χ0n) is 13.1. The Bertz CT molecular complexity index is 406. The molecule has 1 aromatic rings. The molecule has 1 fully saturated rings. The van der Waals surface area contributed by atoms with Crippen molar-refractivity contribution >= 4 is 5.69 Å². The maximum Gasteiger partial charge on any atom is 0.0642 e. The number of ether oxygens (including phenoxy) is 1. The van der Waals surface area contributed by atoms with E-state index >= 15 is 0 Å². The van der Waals surface area contributed by atoms with Gasteiger partial charge in [0, 0.05) is 25.3 Å². The van der Waals surface area contributed by atoms with Crippen molar-refractivity contribution in [1.29, 1.82) is 0 Å². The predicted octanol–water partition coefficient (Wildman–Crippen LogP) is 3.05. The number of benzene rings is 1. The van der Waals surface area contributed by atoms with Gasteiger partial charge >= 0.3 is 0 Å². The lowest BCUT2D eigenvalue weighted by molar-refractivity contribution is 0.122. The number of nitrogens with one attached hydrogen (secondary N) is 1. The molecule has 1 N–H and O–H groups in total. The van der Waals surface area contributed by atoms with Crippen molar-refractivity contribution in [3.05, 3.63) is 29.8 Å². The average Bonchev–Trinajstić information content (AvgIpc) is 2.44. The summed E-state index contributed by atoms with van der Waals surface area (Å²) in [6, 6.07) is 8.86. The monoisotopic (exact) mass is 276 g/mol. The quantitative estimate of drug-likeness (QED) is 0.837. The predicted molar refractivity (Wildman–Crippen MR) is 85.3 cm³/mol. The molecule has 0 bridgehead atoms. The molecule has 0 aliphatic carbocycles. The summed E-state index contributed by atoms with van der Waals surface area (Å²) in [5.74, 6) is 0. The fourth-order valence-electron chi connectivity index (χ4n) is 2.38. The molecule has 0 saturated carbocycles. The number of nitrogens with zero attached hydrogens (tertiary/aromatic N) is 1. The van der Waals surface area contributed by atoms with Crippen molar-refractivity contribution in [2.75, 3.05) is 37.7 Å². The molecule has 1 saturated heterocycles. The molecule has 0 amide bonds. The fraction of sp³-hybridized carbons (Fsp3) is 0.647. The first-order valence-corrected chi connectivity index (χ1v) is 7.67. The van der Waals surface area contributed by atoms with Crippen LogP contribution in [-0.2, 0) is 11.3 Å². The molecule has 20 heavy (non-hydrogen) atoms. The SMILES string of the molecule is CC(C)(C)CCNCc1cccc(N2CCOCC2)c1. The molecule has 0 radical (unpaired) electrons. The lowest BCUT2D eigenvalue weighted by Crippen LogP contribution is -2.36. The lowest BCUT2D eigenvalue weighted by Gasteiger charge is -2.29. The fourth-order valence-corrected chi connectivity index (χ4v) is 2.38. The molecule has 0 unspecified atom stereocenters. The van der Waals surface area contributed by atoms with Gasteiger partial charge in [-0.25, -0.2) is 0 Å². The molecule has 112 valence electrons. The third-order valence-corrected chi connectivity index (χ3v) is 3.67. The Morgan fingerprint density at radius 3 is 2.65 bits per heavy atom. The van der Waals surface area contributed by atoms with Gasteiger partial charge in [0.15, 0.2) is 0 Å². The largest absolute Gasteiger partial charge is 0.378 e. The highest BCUT2D eigenvalue weighted by atomic mass is 16.5. The lowest BCUT2D eigenvalue weighted by atomic mass is 9.92. The number of anilines is 1. The molecular weight excluding hydrogens is 248 g/mol. The molecule has 1 heterocycles. The van der Waals surface area contributed by atoms with E-state index in [-0.39, 0.29) is 0 Å². The minimum Gasteiger partial charge on any atom is -0.378 e. The third-order valence-electron chi connectivity index (χ3n) is 3.67. The van der Waals surface area contributed by atoms with Crippen molar-refractivity contribution in [3.63, 3.8) is 0 Å². The van der Waals surface area contributed by atoms with Crippen molar-refractivity contribution < 1.29 is 4.74 Å². The summed E-state index contributed by atoms with van der Waals surface area (Å²) in [5, 5.41) is 3.55. The van der Waals surface area contributed by atoms with E-state index in [4.69, 9.17) is 4.74 Å². The summed E-state index contributed by atoms with van der Waals surface area (Å²) in [6.45, 7) is 12.6. The van der Waals surface area contributed by atoms with E-state index in [0.717, 1.165) is 39.4 Å². The zero-order chi connectivity index (χ0) is 14.4. The van der Waals surface area contributed by atoms with Gasteiger partial charge in [-0.05, 0) is 36.1 Å². The van der Waals surface area contributed by atoms with Crippen molar-refractivity contribution in [2.45, 2.75) is 33.7 Å². The minimum atomic E-state index is 0.405. The van der Waals surface area contributed by atoms with Crippen LogP contribution >= 0.6 is 0 Å². The standard InChI is InChI=1S/C17H28N2O/c1-17(2,3)7-8-18-14-15-5-4-6-16(13-15)19-9-11-20-12-10-19/h4-6,13,18H,7-12,14H2,1-3H3. The van der Waals surface area contributed by atoms with Crippen molar-refractivity contribution in [1.82, 2.24) is 5.32 Å². The van der Waals surface area contributed by atoms with Gasteiger partial charge in [0.05, 0.1) is 13.2 Å². The Balaban J connectivity index is 1.83. The molecule has 1 aromatic carbocycles. The number of hydrogen-bond donors (Lipinski definition) is 1. The van der Waals surface area contributed by atoms with E-state index in [0.29, 0.717) is 5.41 Å². The Morgan fingerprint density at radius 1 is 1.20 bits per heavy atom. The zero-order valence-corrected chi connectivity index (χ0v) is 13.1. The number of hydrogen-bond acceptors (Lipinski definition) is 3. The highest BCUT2D eigenvalue weighted by molar-refractivity contribution is 5.48. The first kappa shape index (κ1) is 15.3. The van der Waals surface area contributed by atoms with E-state index in [1.807, 2.05) is 0 Å². The summed E-state index contributed by atoms with van der Waals surface area (Å²) in [7, 11) is 0. The normalized spacial score (nSPS) is 16.4. The van der Waals surface area contributed by atoms with Crippen LogP contribution in [-0.4, -0.2) is 32.8 Å². The van der Waals surface area contributed by atoms with Crippen LogP contribution in [0.1, 0.15) is 32.8 Å². The Kier molecular flexibility index (Phi) is 5.44. The summed E-state index contributed by atoms with van der Waals surface area (Å²) in [4.78, 5) is 2.40. The molecule has 2 rings (SSSR count). The van der Waals surface area contributed by atoms with Crippen LogP contribution < -0.4 is 10.2 Å². The van der Waals surface area contributed by atoms with Gasteiger partial charge in [-0.3, -0.25) is 0 Å². The highest BCUT2D eigenvalue weighted by Gasteiger charge is 2.11. The van der Waals surface area contributed by atoms with E-state index in [1.165, 1.54) is 17.7 Å². The Morgan fingerprint density at radius 2 is 1.95 bits per heavy atom. The second-order valence-corrected chi connectivity index (χ2v) is 6.76. The summed E-state index contributed by atoms with van der Waals surface area (Å²) in [6.07, 6.45) is 1.20. The van der Waals surface area contributed by atoms with Crippen LogP contribution in [0.4, 0.5) is 5.69 Å². The van der Waals surface area contributed by atoms with Gasteiger partial charge < -0.3 is 15.0 Å². The Labute approximate surface area is 123 Å². The number of morpholine rings is 1. The van der Waals surface area contributed by atoms with Crippen LogP contribution in [0.15, 0.2) is 24.3 Å². The number of rotatable bonds is 5. The first-order chi connectivity index (χ1) is 9.54.